The molecule has 5 heteroatoms. The Morgan fingerprint density at radius 3 is 2.30 bits per heavy atom. The Bertz CT molecular complexity index is 742. The minimum Gasteiger partial charge on any atom is -0.376 e. The van der Waals surface area contributed by atoms with Crippen molar-refractivity contribution in [2.45, 2.75) is 39.0 Å². The maximum atomic E-state index is 5.85. The molecule has 1 aliphatic rings. The smallest absolute Gasteiger partial charge is 0.191 e. The van der Waals surface area contributed by atoms with E-state index in [1.165, 1.54) is 11.1 Å². The van der Waals surface area contributed by atoms with Crippen molar-refractivity contribution in [2.75, 3.05) is 33.3 Å². The van der Waals surface area contributed by atoms with Gasteiger partial charge in [0.1, 0.15) is 0 Å². The third-order valence-corrected chi connectivity index (χ3v) is 5.53. The number of hydrogen-bond acceptors (Lipinski definition) is 3. The van der Waals surface area contributed by atoms with Crippen molar-refractivity contribution in [1.29, 1.82) is 0 Å². The van der Waals surface area contributed by atoms with Crippen molar-refractivity contribution in [3.05, 3.63) is 71.8 Å². The van der Waals surface area contributed by atoms with Crippen LogP contribution in [0, 0.1) is 5.92 Å². The molecular weight excluding hydrogens is 372 g/mol. The average Bonchev–Trinajstić information content (AvgIpc) is 2.79. The lowest BCUT2D eigenvalue weighted by molar-refractivity contribution is 0.0930. The minimum absolute atomic E-state index is 0.417. The molecular formula is C25H36N4O. The highest BCUT2D eigenvalue weighted by molar-refractivity contribution is 5.79. The molecule has 1 saturated heterocycles. The van der Waals surface area contributed by atoms with Gasteiger partial charge in [-0.05, 0) is 29.9 Å². The molecule has 30 heavy (non-hydrogen) atoms. The first-order chi connectivity index (χ1) is 14.7. The number of piperidine rings is 1. The van der Waals surface area contributed by atoms with Crippen molar-refractivity contribution < 1.29 is 4.74 Å². The Labute approximate surface area is 181 Å². The van der Waals surface area contributed by atoms with Gasteiger partial charge < -0.3 is 15.4 Å². The van der Waals surface area contributed by atoms with Gasteiger partial charge in [-0.1, -0.05) is 67.6 Å². The van der Waals surface area contributed by atoms with Gasteiger partial charge in [0.2, 0.25) is 0 Å². The minimum atomic E-state index is 0.417. The van der Waals surface area contributed by atoms with Crippen LogP contribution in [0.5, 0.6) is 0 Å². The van der Waals surface area contributed by atoms with Crippen LogP contribution < -0.4 is 10.6 Å². The summed E-state index contributed by atoms with van der Waals surface area (Å²) in [7, 11) is 1.84. The number of hydrogen-bond donors (Lipinski definition) is 2. The summed E-state index contributed by atoms with van der Waals surface area (Å²) >= 11 is 0. The third-order valence-electron chi connectivity index (χ3n) is 5.53. The van der Waals surface area contributed by atoms with E-state index in [1.54, 1.807) is 0 Å². The van der Waals surface area contributed by atoms with Crippen molar-refractivity contribution in [3.8, 4) is 0 Å². The van der Waals surface area contributed by atoms with Crippen LogP contribution in [-0.4, -0.2) is 50.2 Å². The summed E-state index contributed by atoms with van der Waals surface area (Å²) in [6.07, 6.45) is 2.28. The zero-order valence-electron chi connectivity index (χ0n) is 18.4. The molecule has 2 aromatic rings. The average molecular weight is 409 g/mol. The van der Waals surface area contributed by atoms with Crippen LogP contribution in [0.4, 0.5) is 0 Å². The number of nitrogens with zero attached hydrogens (tertiary/aromatic N) is 2. The molecule has 1 unspecified atom stereocenters. The van der Waals surface area contributed by atoms with Crippen molar-refractivity contribution in [3.63, 3.8) is 0 Å². The highest BCUT2D eigenvalue weighted by atomic mass is 16.5. The third kappa shape index (κ3) is 7.81. The number of nitrogens with one attached hydrogen (secondary N) is 2. The lowest BCUT2D eigenvalue weighted by atomic mass is 10.0. The van der Waals surface area contributed by atoms with E-state index in [1.807, 2.05) is 25.2 Å². The molecule has 162 valence electrons. The fourth-order valence-electron chi connectivity index (χ4n) is 3.75. The Morgan fingerprint density at radius 1 is 1.03 bits per heavy atom. The van der Waals surface area contributed by atoms with Crippen LogP contribution in [0.25, 0.3) is 0 Å². The number of aliphatic imine (C=N–C) groups is 1. The lowest BCUT2D eigenvalue weighted by Gasteiger charge is -2.33. The highest BCUT2D eigenvalue weighted by Gasteiger charge is 2.20. The van der Waals surface area contributed by atoms with Crippen LogP contribution >= 0.6 is 0 Å². The predicted octanol–water partition coefficient (Wildman–Crippen LogP) is 3.67. The Kier molecular flexibility index (Phi) is 9.19. The quantitative estimate of drug-likeness (QED) is 0.491. The molecule has 5 nitrogen and oxygen atoms in total. The van der Waals surface area contributed by atoms with Gasteiger partial charge in [0.05, 0.1) is 13.2 Å². The van der Waals surface area contributed by atoms with E-state index in [4.69, 9.17) is 4.74 Å². The second kappa shape index (κ2) is 12.4. The molecule has 1 atom stereocenters. The topological polar surface area (TPSA) is 48.9 Å². The van der Waals surface area contributed by atoms with E-state index in [-0.39, 0.29) is 0 Å². The summed E-state index contributed by atoms with van der Waals surface area (Å²) in [5.41, 5.74) is 2.61. The first-order valence-electron chi connectivity index (χ1n) is 11.1. The Balaban J connectivity index is 1.31. The molecule has 1 aliphatic heterocycles. The number of ether oxygens (including phenoxy) is 1. The number of benzene rings is 2. The SMILES string of the molecule is CN=C(NCC(C)COCc1ccccc1)NC1CCN(Cc2ccccc2)CC1. The maximum Gasteiger partial charge on any atom is 0.191 e. The van der Waals surface area contributed by atoms with Gasteiger partial charge in [-0.25, -0.2) is 0 Å². The zero-order chi connectivity index (χ0) is 21.0. The lowest BCUT2D eigenvalue weighted by Crippen LogP contribution is -2.49. The predicted molar refractivity (Wildman–Crippen MR) is 125 cm³/mol. The molecule has 0 spiro atoms. The molecule has 0 aromatic heterocycles. The monoisotopic (exact) mass is 408 g/mol. The van der Waals surface area contributed by atoms with E-state index in [2.05, 4.69) is 69.9 Å². The van der Waals surface area contributed by atoms with Crippen LogP contribution in [0.2, 0.25) is 0 Å². The number of guanidine groups is 1. The zero-order valence-corrected chi connectivity index (χ0v) is 18.4. The van der Waals surface area contributed by atoms with Crippen LogP contribution in [0.1, 0.15) is 30.9 Å². The van der Waals surface area contributed by atoms with Crippen molar-refractivity contribution in [1.82, 2.24) is 15.5 Å². The van der Waals surface area contributed by atoms with Crippen molar-refractivity contribution in [2.24, 2.45) is 10.9 Å². The molecule has 1 heterocycles. The van der Waals surface area contributed by atoms with E-state index in [0.29, 0.717) is 18.6 Å². The summed E-state index contributed by atoms with van der Waals surface area (Å²) in [5, 5.41) is 7.06. The molecule has 0 amide bonds. The van der Waals surface area contributed by atoms with E-state index >= 15 is 0 Å². The molecule has 0 radical (unpaired) electrons. The molecule has 1 fully saturated rings. The molecule has 0 saturated carbocycles. The second-order valence-corrected chi connectivity index (χ2v) is 8.24. The van der Waals surface area contributed by atoms with Gasteiger partial charge in [-0.2, -0.15) is 0 Å². The van der Waals surface area contributed by atoms with Gasteiger partial charge in [-0.3, -0.25) is 9.89 Å². The number of rotatable bonds is 9. The van der Waals surface area contributed by atoms with Crippen LogP contribution in [-0.2, 0) is 17.9 Å². The Hall–Kier alpha value is -2.37. The van der Waals surface area contributed by atoms with E-state index in [9.17, 15) is 0 Å². The normalized spacial score (nSPS) is 16.9. The van der Waals surface area contributed by atoms with Crippen molar-refractivity contribution >= 4 is 5.96 Å². The van der Waals surface area contributed by atoms with Gasteiger partial charge >= 0.3 is 0 Å². The highest BCUT2D eigenvalue weighted by Crippen LogP contribution is 2.13. The fraction of sp³-hybridized carbons (Fsp3) is 0.480. The Morgan fingerprint density at radius 2 is 1.67 bits per heavy atom. The summed E-state index contributed by atoms with van der Waals surface area (Å²) in [4.78, 5) is 6.95. The van der Waals surface area contributed by atoms with Gasteiger partial charge in [0, 0.05) is 39.3 Å². The molecule has 0 bridgehead atoms. The largest absolute Gasteiger partial charge is 0.376 e. The maximum absolute atomic E-state index is 5.85. The van der Waals surface area contributed by atoms with Crippen LogP contribution in [0.3, 0.4) is 0 Å². The van der Waals surface area contributed by atoms with Gasteiger partial charge in [0.15, 0.2) is 5.96 Å². The first-order valence-corrected chi connectivity index (χ1v) is 11.1. The molecule has 3 rings (SSSR count). The second-order valence-electron chi connectivity index (χ2n) is 8.24. The first kappa shape index (κ1) is 22.3. The number of likely N-dealkylation sites (tertiary alicyclic amines) is 1. The molecule has 2 N–H and O–H groups in total. The van der Waals surface area contributed by atoms with Gasteiger partial charge in [-0.15, -0.1) is 0 Å². The fourth-order valence-corrected chi connectivity index (χ4v) is 3.75. The van der Waals surface area contributed by atoms with Crippen LogP contribution in [0.15, 0.2) is 65.7 Å². The summed E-state index contributed by atoms with van der Waals surface area (Å²) in [6.45, 7) is 7.73. The summed E-state index contributed by atoms with van der Waals surface area (Å²) < 4.78 is 5.85. The van der Waals surface area contributed by atoms with E-state index < -0.39 is 0 Å². The molecule has 0 aliphatic carbocycles. The summed E-state index contributed by atoms with van der Waals surface area (Å²) in [5.74, 6) is 1.31. The van der Waals surface area contributed by atoms with Gasteiger partial charge in [0.25, 0.3) is 0 Å². The summed E-state index contributed by atoms with van der Waals surface area (Å²) in [6, 6.07) is 21.5. The van der Waals surface area contributed by atoms with E-state index in [0.717, 1.165) is 51.6 Å². The molecule has 2 aromatic carbocycles. The standard InChI is InChI=1S/C25H36N4O/c1-21(19-30-20-23-11-7-4-8-12-23)17-27-25(26-2)28-24-13-15-29(16-14-24)18-22-9-5-3-6-10-22/h3-12,21,24H,13-20H2,1-2H3,(H2,26,27,28).